The third-order valence-electron chi connectivity index (χ3n) is 1.58. The van der Waals surface area contributed by atoms with Crippen LogP contribution in [0.2, 0.25) is 0 Å². The van der Waals surface area contributed by atoms with Crippen LogP contribution in [0, 0.1) is 0 Å². The molecule has 78 valence electrons. The monoisotopic (exact) mass is 203 g/mol. The van der Waals surface area contributed by atoms with Gasteiger partial charge in [0.1, 0.15) is 12.4 Å². The maximum absolute atomic E-state index is 11.8. The van der Waals surface area contributed by atoms with Gasteiger partial charge in [0.15, 0.2) is 0 Å². The van der Waals surface area contributed by atoms with Crippen molar-refractivity contribution in [2.75, 3.05) is 6.61 Å². The zero-order chi connectivity index (χ0) is 10.4. The van der Waals surface area contributed by atoms with Crippen LogP contribution in [0.1, 0.15) is 5.56 Å². The lowest BCUT2D eigenvalue weighted by atomic mass is 10.2. The highest BCUT2D eigenvalue weighted by atomic mass is 19.3. The Morgan fingerprint density at radius 2 is 1.93 bits per heavy atom. The molecule has 0 atom stereocenters. The molecule has 0 aliphatic heterocycles. The maximum atomic E-state index is 11.8. The second-order valence-corrected chi connectivity index (χ2v) is 2.68. The molecule has 5 heteroatoms. The number of hydrogen-bond donors (Lipinski definition) is 2. The Hall–Kier alpha value is -1.20. The van der Waals surface area contributed by atoms with Crippen LogP contribution in [0.5, 0.6) is 5.75 Å². The summed E-state index contributed by atoms with van der Waals surface area (Å²) in [4.78, 5) is 0. The Labute approximate surface area is 80.3 Å². The quantitative estimate of drug-likeness (QED) is 0.717. The van der Waals surface area contributed by atoms with E-state index in [9.17, 15) is 8.78 Å². The number of hydroxylamine groups is 1. The van der Waals surface area contributed by atoms with Crippen LogP contribution in [0.3, 0.4) is 0 Å². The van der Waals surface area contributed by atoms with Gasteiger partial charge < -0.3 is 9.94 Å². The average molecular weight is 203 g/mol. The van der Waals surface area contributed by atoms with Gasteiger partial charge in [-0.1, -0.05) is 12.1 Å². The van der Waals surface area contributed by atoms with Gasteiger partial charge in [0.05, 0.1) is 0 Å². The highest BCUT2D eigenvalue weighted by molar-refractivity contribution is 5.27. The maximum Gasteiger partial charge on any atom is 0.272 e. The van der Waals surface area contributed by atoms with Crippen LogP contribution >= 0.6 is 0 Å². The predicted molar refractivity (Wildman–Crippen MR) is 46.6 cm³/mol. The minimum absolute atomic E-state index is 0.315. The standard InChI is InChI=1S/C9H11F2NO2/c10-9(11)6-14-8-3-1-7(2-4-8)5-12-13/h1-4,9,12-13H,5-6H2. The number of nitrogens with one attached hydrogen (secondary N) is 1. The van der Waals surface area contributed by atoms with Gasteiger partial charge in [0.25, 0.3) is 6.43 Å². The van der Waals surface area contributed by atoms with E-state index in [1.54, 1.807) is 24.3 Å². The summed E-state index contributed by atoms with van der Waals surface area (Å²) < 4.78 is 28.3. The number of hydrogen-bond acceptors (Lipinski definition) is 3. The molecule has 14 heavy (non-hydrogen) atoms. The normalized spacial score (nSPS) is 10.6. The van der Waals surface area contributed by atoms with E-state index >= 15 is 0 Å². The molecule has 3 nitrogen and oxygen atoms in total. The Balaban J connectivity index is 2.46. The van der Waals surface area contributed by atoms with Crippen LogP contribution in [0.15, 0.2) is 24.3 Å². The van der Waals surface area contributed by atoms with Crippen LogP contribution in [0.25, 0.3) is 0 Å². The first-order valence-corrected chi connectivity index (χ1v) is 4.09. The second-order valence-electron chi connectivity index (χ2n) is 2.68. The smallest absolute Gasteiger partial charge is 0.272 e. The predicted octanol–water partition coefficient (Wildman–Crippen LogP) is 1.81. The van der Waals surface area contributed by atoms with Gasteiger partial charge in [-0.15, -0.1) is 0 Å². The summed E-state index contributed by atoms with van der Waals surface area (Å²) in [6, 6.07) is 6.53. The fourth-order valence-electron chi connectivity index (χ4n) is 0.954. The van der Waals surface area contributed by atoms with Gasteiger partial charge >= 0.3 is 0 Å². The summed E-state index contributed by atoms with van der Waals surface area (Å²) in [6.45, 7) is -0.285. The zero-order valence-corrected chi connectivity index (χ0v) is 7.41. The van der Waals surface area contributed by atoms with E-state index < -0.39 is 13.0 Å². The molecule has 0 bridgehead atoms. The zero-order valence-electron chi connectivity index (χ0n) is 7.41. The number of ether oxygens (including phenoxy) is 1. The number of halogens is 2. The third-order valence-corrected chi connectivity index (χ3v) is 1.58. The first-order valence-electron chi connectivity index (χ1n) is 4.09. The molecule has 1 aromatic rings. The van der Waals surface area contributed by atoms with Crippen molar-refractivity contribution in [2.45, 2.75) is 13.0 Å². The van der Waals surface area contributed by atoms with Crippen molar-refractivity contribution in [1.29, 1.82) is 0 Å². The van der Waals surface area contributed by atoms with Crippen molar-refractivity contribution >= 4 is 0 Å². The lowest BCUT2D eigenvalue weighted by Crippen LogP contribution is -2.08. The fraction of sp³-hybridized carbons (Fsp3) is 0.333. The van der Waals surface area contributed by atoms with Gasteiger partial charge in [0.2, 0.25) is 0 Å². The van der Waals surface area contributed by atoms with E-state index in [2.05, 4.69) is 0 Å². The average Bonchev–Trinajstić information content (AvgIpc) is 2.17. The first kappa shape index (κ1) is 10.9. The van der Waals surface area contributed by atoms with Crippen LogP contribution in [0.4, 0.5) is 8.78 Å². The van der Waals surface area contributed by atoms with E-state index in [1.807, 2.05) is 5.48 Å². The van der Waals surface area contributed by atoms with E-state index in [4.69, 9.17) is 9.94 Å². The van der Waals surface area contributed by atoms with Crippen LogP contribution in [-0.2, 0) is 6.54 Å². The third kappa shape index (κ3) is 3.68. The lowest BCUT2D eigenvalue weighted by molar-refractivity contribution is 0.0819. The Kier molecular flexibility index (Phi) is 4.28. The van der Waals surface area contributed by atoms with E-state index in [1.165, 1.54) is 0 Å². The molecule has 2 N–H and O–H groups in total. The number of rotatable bonds is 5. The van der Waals surface area contributed by atoms with Crippen molar-refractivity contribution in [3.63, 3.8) is 0 Å². The van der Waals surface area contributed by atoms with Crippen LogP contribution < -0.4 is 10.2 Å². The molecular weight excluding hydrogens is 192 g/mol. The summed E-state index contributed by atoms with van der Waals surface area (Å²) in [5.74, 6) is 0.395. The summed E-state index contributed by atoms with van der Waals surface area (Å²) in [5.41, 5.74) is 2.84. The molecule has 0 radical (unpaired) electrons. The SMILES string of the molecule is ONCc1ccc(OCC(F)F)cc1. The molecule has 0 aliphatic carbocycles. The topological polar surface area (TPSA) is 41.5 Å². The molecule has 0 saturated carbocycles. The molecule has 0 spiro atoms. The molecule has 1 rings (SSSR count). The number of benzene rings is 1. The second kappa shape index (κ2) is 5.51. The van der Waals surface area contributed by atoms with Gasteiger partial charge in [-0.3, -0.25) is 0 Å². The van der Waals surface area contributed by atoms with E-state index in [-0.39, 0.29) is 0 Å². The molecule has 0 amide bonds. The van der Waals surface area contributed by atoms with E-state index in [0.717, 1.165) is 5.56 Å². The highest BCUT2D eigenvalue weighted by Gasteiger charge is 2.02. The van der Waals surface area contributed by atoms with Crippen molar-refractivity contribution in [3.05, 3.63) is 29.8 Å². The van der Waals surface area contributed by atoms with Crippen molar-refractivity contribution in [2.24, 2.45) is 0 Å². The van der Waals surface area contributed by atoms with Crippen molar-refractivity contribution < 1.29 is 18.7 Å². The molecular formula is C9H11F2NO2. The van der Waals surface area contributed by atoms with Gasteiger partial charge in [-0.2, -0.15) is 0 Å². The largest absolute Gasteiger partial charge is 0.488 e. The lowest BCUT2D eigenvalue weighted by Gasteiger charge is -2.05. The molecule has 1 aromatic carbocycles. The molecule has 0 heterocycles. The summed E-state index contributed by atoms with van der Waals surface area (Å²) >= 11 is 0. The first-order chi connectivity index (χ1) is 6.72. The molecule has 0 fully saturated rings. The summed E-state index contributed by atoms with van der Waals surface area (Å²) in [6.07, 6.45) is -2.46. The molecule has 0 saturated heterocycles. The van der Waals surface area contributed by atoms with Crippen LogP contribution in [-0.4, -0.2) is 18.2 Å². The minimum atomic E-state index is -2.46. The molecule has 0 aromatic heterocycles. The van der Waals surface area contributed by atoms with Gasteiger partial charge in [-0.05, 0) is 17.7 Å². The Morgan fingerprint density at radius 3 is 2.43 bits per heavy atom. The van der Waals surface area contributed by atoms with Gasteiger partial charge in [-0.25, -0.2) is 14.3 Å². The van der Waals surface area contributed by atoms with Crippen molar-refractivity contribution in [1.82, 2.24) is 5.48 Å². The van der Waals surface area contributed by atoms with Crippen molar-refractivity contribution in [3.8, 4) is 5.75 Å². The summed E-state index contributed by atoms with van der Waals surface area (Å²) in [5, 5.41) is 8.38. The van der Waals surface area contributed by atoms with Gasteiger partial charge in [0, 0.05) is 6.54 Å². The highest BCUT2D eigenvalue weighted by Crippen LogP contribution is 2.12. The summed E-state index contributed by atoms with van der Waals surface area (Å²) in [7, 11) is 0. The van der Waals surface area contributed by atoms with E-state index in [0.29, 0.717) is 12.3 Å². The number of alkyl halides is 2. The minimum Gasteiger partial charge on any atom is -0.488 e. The molecule has 0 aliphatic rings. The fourth-order valence-corrected chi connectivity index (χ4v) is 0.954. The Bertz CT molecular complexity index is 264. The Morgan fingerprint density at radius 1 is 1.29 bits per heavy atom. The molecule has 0 unspecified atom stereocenters.